The fourth-order valence-electron chi connectivity index (χ4n) is 1.88. The van der Waals surface area contributed by atoms with Gasteiger partial charge in [-0.25, -0.2) is 0 Å². The van der Waals surface area contributed by atoms with Gasteiger partial charge in [-0.2, -0.15) is 0 Å². The van der Waals surface area contributed by atoms with Crippen molar-refractivity contribution in [3.8, 4) is 0 Å². The Labute approximate surface area is 130 Å². The number of nitrogens with zero attached hydrogens (tertiary/aromatic N) is 1. The highest BCUT2D eigenvalue weighted by molar-refractivity contribution is 7.61. The van der Waals surface area contributed by atoms with E-state index in [4.69, 9.17) is 4.52 Å². The number of anilines is 1. The molecule has 0 fully saturated rings. The molecule has 1 unspecified atom stereocenters. The van der Waals surface area contributed by atoms with Crippen molar-refractivity contribution in [1.29, 1.82) is 0 Å². The number of nitrogens with one attached hydrogen (secondary N) is 1. The van der Waals surface area contributed by atoms with Gasteiger partial charge in [0.15, 0.2) is 0 Å². The average molecular weight is 320 g/mol. The zero-order valence-corrected chi connectivity index (χ0v) is 13.5. The SMILES string of the molecule is CCCCOP(=O)(O)c1ccc(NCc2cccnc2)cc1. The summed E-state index contributed by atoms with van der Waals surface area (Å²) in [6.45, 7) is 2.96. The molecule has 2 N–H and O–H groups in total. The molecular weight excluding hydrogens is 299 g/mol. The Morgan fingerprint density at radius 1 is 1.27 bits per heavy atom. The van der Waals surface area contributed by atoms with E-state index in [1.807, 2.05) is 19.1 Å². The van der Waals surface area contributed by atoms with Gasteiger partial charge in [-0.15, -0.1) is 0 Å². The first kappa shape index (κ1) is 16.7. The minimum absolute atomic E-state index is 0.297. The first-order chi connectivity index (χ1) is 10.6. The smallest absolute Gasteiger partial charge is 0.358 e. The summed E-state index contributed by atoms with van der Waals surface area (Å²) in [6.07, 6.45) is 5.23. The number of aromatic nitrogens is 1. The maximum absolute atomic E-state index is 12.1. The lowest BCUT2D eigenvalue weighted by Crippen LogP contribution is -2.08. The van der Waals surface area contributed by atoms with Gasteiger partial charge in [0.2, 0.25) is 0 Å². The molecule has 1 aromatic carbocycles. The van der Waals surface area contributed by atoms with Crippen LogP contribution in [0.4, 0.5) is 5.69 Å². The van der Waals surface area contributed by atoms with E-state index in [0.717, 1.165) is 24.1 Å². The molecule has 0 bridgehead atoms. The molecule has 0 spiro atoms. The van der Waals surface area contributed by atoms with Crippen molar-refractivity contribution in [2.45, 2.75) is 26.3 Å². The maximum Gasteiger partial charge on any atom is 0.358 e. The summed E-state index contributed by atoms with van der Waals surface area (Å²) in [5.41, 5.74) is 1.95. The minimum atomic E-state index is -3.71. The van der Waals surface area contributed by atoms with Gasteiger partial charge in [0, 0.05) is 24.6 Å². The van der Waals surface area contributed by atoms with Crippen molar-refractivity contribution >= 4 is 18.6 Å². The number of hydrogen-bond donors (Lipinski definition) is 2. The lowest BCUT2D eigenvalue weighted by atomic mass is 10.2. The molecular formula is C16H21N2O3P. The van der Waals surface area contributed by atoms with Crippen molar-refractivity contribution < 1.29 is 14.0 Å². The normalized spacial score (nSPS) is 13.5. The monoisotopic (exact) mass is 320 g/mol. The Balaban J connectivity index is 1.93. The van der Waals surface area contributed by atoms with Crippen LogP contribution in [0.1, 0.15) is 25.3 Å². The van der Waals surface area contributed by atoms with Crippen molar-refractivity contribution in [1.82, 2.24) is 4.98 Å². The molecule has 0 radical (unpaired) electrons. The van der Waals surface area contributed by atoms with Gasteiger partial charge in [-0.05, 0) is 42.3 Å². The first-order valence-electron chi connectivity index (χ1n) is 7.32. The molecule has 1 atom stereocenters. The molecule has 0 aliphatic carbocycles. The van der Waals surface area contributed by atoms with Crippen molar-refractivity contribution in [3.63, 3.8) is 0 Å². The highest BCUT2D eigenvalue weighted by Gasteiger charge is 2.21. The van der Waals surface area contributed by atoms with E-state index >= 15 is 0 Å². The van der Waals surface area contributed by atoms with E-state index in [1.165, 1.54) is 0 Å². The van der Waals surface area contributed by atoms with Crippen LogP contribution in [-0.4, -0.2) is 16.5 Å². The van der Waals surface area contributed by atoms with Gasteiger partial charge in [0.1, 0.15) is 0 Å². The van der Waals surface area contributed by atoms with Gasteiger partial charge in [0.25, 0.3) is 0 Å². The third-order valence-corrected chi connectivity index (χ3v) is 4.66. The summed E-state index contributed by atoms with van der Waals surface area (Å²) >= 11 is 0. The molecule has 1 aromatic heterocycles. The number of unbranched alkanes of at least 4 members (excludes halogenated alkanes) is 1. The molecule has 0 saturated heterocycles. The van der Waals surface area contributed by atoms with E-state index in [2.05, 4.69) is 10.3 Å². The second-order valence-corrected chi connectivity index (χ2v) is 6.78. The van der Waals surface area contributed by atoms with Crippen molar-refractivity contribution in [2.75, 3.05) is 11.9 Å². The Morgan fingerprint density at radius 2 is 2.05 bits per heavy atom. The number of pyridine rings is 1. The van der Waals surface area contributed by atoms with Gasteiger partial charge in [0.05, 0.1) is 11.9 Å². The third kappa shape index (κ3) is 4.95. The molecule has 118 valence electrons. The lowest BCUT2D eigenvalue weighted by molar-refractivity contribution is 0.264. The molecule has 0 aliphatic rings. The summed E-state index contributed by atoms with van der Waals surface area (Å²) in [5, 5.41) is 3.56. The van der Waals surface area contributed by atoms with Crippen molar-refractivity contribution in [3.05, 3.63) is 54.4 Å². The Bertz CT molecular complexity index is 617. The second-order valence-electron chi connectivity index (χ2n) is 4.97. The van der Waals surface area contributed by atoms with Crippen LogP contribution in [0.5, 0.6) is 0 Å². The summed E-state index contributed by atoms with van der Waals surface area (Å²) in [7, 11) is -3.71. The predicted molar refractivity (Wildman–Crippen MR) is 88.3 cm³/mol. The fourth-order valence-corrected chi connectivity index (χ4v) is 2.93. The van der Waals surface area contributed by atoms with Crippen LogP contribution in [0.25, 0.3) is 0 Å². The molecule has 6 heteroatoms. The zero-order chi connectivity index (χ0) is 15.8. The van der Waals surface area contributed by atoms with Crippen LogP contribution >= 0.6 is 7.60 Å². The highest BCUT2D eigenvalue weighted by Crippen LogP contribution is 2.40. The van der Waals surface area contributed by atoms with Crippen LogP contribution in [0.2, 0.25) is 0 Å². The van der Waals surface area contributed by atoms with E-state index in [0.29, 0.717) is 18.5 Å². The molecule has 1 heterocycles. The van der Waals surface area contributed by atoms with Crippen LogP contribution in [0.15, 0.2) is 48.8 Å². The van der Waals surface area contributed by atoms with Gasteiger partial charge < -0.3 is 14.7 Å². The Hall–Kier alpha value is -1.68. The maximum atomic E-state index is 12.1. The van der Waals surface area contributed by atoms with Gasteiger partial charge >= 0.3 is 7.60 Å². The number of benzene rings is 1. The van der Waals surface area contributed by atoms with E-state index in [1.54, 1.807) is 36.7 Å². The second kappa shape index (κ2) is 8.08. The van der Waals surface area contributed by atoms with E-state index in [-0.39, 0.29) is 0 Å². The van der Waals surface area contributed by atoms with Crippen LogP contribution in [-0.2, 0) is 15.6 Å². The highest BCUT2D eigenvalue weighted by atomic mass is 31.2. The summed E-state index contributed by atoms with van der Waals surface area (Å²) in [4.78, 5) is 14.0. The fraction of sp³-hybridized carbons (Fsp3) is 0.312. The van der Waals surface area contributed by atoms with E-state index < -0.39 is 7.60 Å². The zero-order valence-electron chi connectivity index (χ0n) is 12.6. The molecule has 22 heavy (non-hydrogen) atoms. The Morgan fingerprint density at radius 3 is 2.68 bits per heavy atom. The van der Waals surface area contributed by atoms with Crippen LogP contribution in [0.3, 0.4) is 0 Å². The summed E-state index contributed by atoms with van der Waals surface area (Å²) < 4.78 is 17.2. The number of hydrogen-bond acceptors (Lipinski definition) is 4. The topological polar surface area (TPSA) is 71.5 Å². The quantitative estimate of drug-likeness (QED) is 0.577. The molecule has 2 aromatic rings. The minimum Gasteiger partial charge on any atom is -0.381 e. The average Bonchev–Trinajstić information content (AvgIpc) is 2.54. The first-order valence-corrected chi connectivity index (χ1v) is 8.90. The molecule has 0 saturated carbocycles. The van der Waals surface area contributed by atoms with E-state index in [9.17, 15) is 9.46 Å². The summed E-state index contributed by atoms with van der Waals surface area (Å²) in [5.74, 6) is 0. The third-order valence-electron chi connectivity index (χ3n) is 3.18. The lowest BCUT2D eigenvalue weighted by Gasteiger charge is -2.13. The molecule has 0 aliphatic heterocycles. The van der Waals surface area contributed by atoms with Crippen LogP contribution in [0, 0.1) is 0 Å². The van der Waals surface area contributed by atoms with Gasteiger partial charge in [-0.1, -0.05) is 19.4 Å². The molecule has 5 nitrogen and oxygen atoms in total. The van der Waals surface area contributed by atoms with Crippen LogP contribution < -0.4 is 10.6 Å². The van der Waals surface area contributed by atoms with Gasteiger partial charge in [-0.3, -0.25) is 9.55 Å². The molecule has 2 rings (SSSR count). The Kier molecular flexibility index (Phi) is 6.13. The molecule has 0 amide bonds. The summed E-state index contributed by atoms with van der Waals surface area (Å²) in [6, 6.07) is 10.7. The van der Waals surface area contributed by atoms with Crippen molar-refractivity contribution in [2.24, 2.45) is 0 Å². The predicted octanol–water partition coefficient (Wildman–Crippen LogP) is 3.32. The largest absolute Gasteiger partial charge is 0.381 e. The number of rotatable bonds is 8. The standard InChI is InChI=1S/C16H21N2O3P/c1-2-3-11-21-22(19,20)16-8-6-15(7-9-16)18-13-14-5-4-10-17-12-14/h4-10,12,18H,2-3,11,13H2,1H3,(H,19,20).